The summed E-state index contributed by atoms with van der Waals surface area (Å²) in [5, 5.41) is 6.15. The Labute approximate surface area is 163 Å². The van der Waals surface area contributed by atoms with Gasteiger partial charge in [-0.3, -0.25) is 4.79 Å². The molecule has 0 bridgehead atoms. The Hall–Kier alpha value is -3.54. The van der Waals surface area contributed by atoms with Gasteiger partial charge in [0.25, 0.3) is 5.91 Å². The monoisotopic (exact) mass is 375 g/mol. The predicted octanol–water partition coefficient (Wildman–Crippen LogP) is 4.24. The number of hydrogen-bond acceptors (Lipinski definition) is 5. The van der Waals surface area contributed by atoms with Crippen molar-refractivity contribution < 1.29 is 14.3 Å². The molecule has 28 heavy (non-hydrogen) atoms. The van der Waals surface area contributed by atoms with Gasteiger partial charge in [-0.05, 0) is 53.9 Å². The first kappa shape index (κ1) is 17.9. The summed E-state index contributed by atoms with van der Waals surface area (Å²) in [6.45, 7) is 2.98. The SMILES string of the molecule is CCc1ccc(NC(=O)c2ccc(NCc3ccc4c(c3)OCO4)cn2)cc1. The van der Waals surface area contributed by atoms with Crippen molar-refractivity contribution in [3.8, 4) is 11.5 Å². The number of nitrogens with zero attached hydrogens (tertiary/aromatic N) is 1. The third-order valence-electron chi connectivity index (χ3n) is 4.55. The van der Waals surface area contributed by atoms with Crippen LogP contribution in [0.25, 0.3) is 0 Å². The quantitative estimate of drug-likeness (QED) is 0.674. The molecule has 3 aromatic rings. The third-order valence-corrected chi connectivity index (χ3v) is 4.55. The summed E-state index contributed by atoms with van der Waals surface area (Å²) in [6.07, 6.45) is 2.62. The van der Waals surface area contributed by atoms with Crippen molar-refractivity contribution in [3.05, 3.63) is 77.6 Å². The second kappa shape index (κ2) is 8.00. The average molecular weight is 375 g/mol. The Morgan fingerprint density at radius 3 is 2.46 bits per heavy atom. The molecule has 1 aliphatic heterocycles. The largest absolute Gasteiger partial charge is 0.454 e. The number of anilines is 2. The van der Waals surface area contributed by atoms with Gasteiger partial charge in [0.15, 0.2) is 11.5 Å². The zero-order valence-corrected chi connectivity index (χ0v) is 15.6. The second-order valence-corrected chi connectivity index (χ2v) is 6.48. The molecule has 0 aliphatic carbocycles. The molecule has 0 saturated carbocycles. The van der Waals surface area contributed by atoms with E-state index in [-0.39, 0.29) is 12.7 Å². The fraction of sp³-hybridized carbons (Fsp3) is 0.182. The number of nitrogens with one attached hydrogen (secondary N) is 2. The van der Waals surface area contributed by atoms with Crippen molar-refractivity contribution in [2.45, 2.75) is 19.9 Å². The highest BCUT2D eigenvalue weighted by Gasteiger charge is 2.13. The number of rotatable bonds is 6. The fourth-order valence-corrected chi connectivity index (χ4v) is 2.91. The Balaban J connectivity index is 1.34. The molecule has 1 aliphatic rings. The Kier molecular flexibility index (Phi) is 5.10. The van der Waals surface area contributed by atoms with Crippen LogP contribution in [0.5, 0.6) is 11.5 Å². The first-order valence-corrected chi connectivity index (χ1v) is 9.20. The summed E-state index contributed by atoms with van der Waals surface area (Å²) in [5.41, 5.74) is 4.26. The van der Waals surface area contributed by atoms with Gasteiger partial charge in [-0.1, -0.05) is 25.1 Å². The maximum absolute atomic E-state index is 12.3. The minimum Gasteiger partial charge on any atom is -0.454 e. The van der Waals surface area contributed by atoms with Crippen LogP contribution < -0.4 is 20.1 Å². The number of carbonyl (C=O) groups excluding carboxylic acids is 1. The van der Waals surface area contributed by atoms with Crippen molar-refractivity contribution in [2.24, 2.45) is 0 Å². The first-order valence-electron chi connectivity index (χ1n) is 9.20. The Morgan fingerprint density at radius 2 is 1.71 bits per heavy atom. The van der Waals surface area contributed by atoms with Crippen molar-refractivity contribution in [1.82, 2.24) is 4.98 Å². The lowest BCUT2D eigenvalue weighted by molar-refractivity contribution is 0.102. The lowest BCUT2D eigenvalue weighted by Crippen LogP contribution is -2.13. The van der Waals surface area contributed by atoms with Crippen molar-refractivity contribution in [2.75, 3.05) is 17.4 Å². The van der Waals surface area contributed by atoms with Crippen LogP contribution in [-0.4, -0.2) is 17.7 Å². The molecule has 2 N–H and O–H groups in total. The maximum atomic E-state index is 12.3. The van der Waals surface area contributed by atoms with E-state index in [2.05, 4.69) is 22.5 Å². The second-order valence-electron chi connectivity index (χ2n) is 6.48. The van der Waals surface area contributed by atoms with Gasteiger partial charge in [-0.15, -0.1) is 0 Å². The Bertz CT molecular complexity index is 969. The van der Waals surface area contributed by atoms with E-state index in [1.807, 2.05) is 48.5 Å². The van der Waals surface area contributed by atoms with E-state index in [4.69, 9.17) is 9.47 Å². The topological polar surface area (TPSA) is 72.5 Å². The molecule has 2 heterocycles. The summed E-state index contributed by atoms with van der Waals surface area (Å²) >= 11 is 0. The summed E-state index contributed by atoms with van der Waals surface area (Å²) in [6, 6.07) is 17.2. The first-order chi connectivity index (χ1) is 13.7. The standard InChI is InChI=1S/C22H21N3O3/c1-2-15-3-6-17(7-4-15)25-22(26)19-9-8-18(13-24-19)23-12-16-5-10-20-21(11-16)28-14-27-20/h3-11,13,23H,2,12,14H2,1H3,(H,25,26). The molecule has 0 fully saturated rings. The number of aryl methyl sites for hydroxylation is 1. The molecule has 0 atom stereocenters. The average Bonchev–Trinajstić information content (AvgIpc) is 3.21. The van der Waals surface area contributed by atoms with Gasteiger partial charge in [0, 0.05) is 12.2 Å². The molecule has 142 valence electrons. The molecular formula is C22H21N3O3. The fourth-order valence-electron chi connectivity index (χ4n) is 2.91. The number of ether oxygens (including phenoxy) is 2. The van der Waals surface area contributed by atoms with E-state index in [1.165, 1.54) is 5.56 Å². The van der Waals surface area contributed by atoms with E-state index in [9.17, 15) is 4.79 Å². The number of pyridine rings is 1. The zero-order chi connectivity index (χ0) is 19.3. The van der Waals surface area contributed by atoms with Gasteiger partial charge in [-0.25, -0.2) is 4.98 Å². The number of aromatic nitrogens is 1. The van der Waals surface area contributed by atoms with Gasteiger partial charge in [0.1, 0.15) is 5.69 Å². The minimum absolute atomic E-state index is 0.230. The molecule has 1 aromatic heterocycles. The van der Waals surface area contributed by atoms with E-state index in [0.29, 0.717) is 12.2 Å². The van der Waals surface area contributed by atoms with Crippen LogP contribution in [0.2, 0.25) is 0 Å². The van der Waals surface area contributed by atoms with Crippen LogP contribution in [0, 0.1) is 0 Å². The molecule has 0 saturated heterocycles. The van der Waals surface area contributed by atoms with E-state index >= 15 is 0 Å². The van der Waals surface area contributed by atoms with Crippen LogP contribution in [0.1, 0.15) is 28.5 Å². The molecule has 6 nitrogen and oxygen atoms in total. The van der Waals surface area contributed by atoms with Crippen LogP contribution in [0.4, 0.5) is 11.4 Å². The Morgan fingerprint density at radius 1 is 0.964 bits per heavy atom. The molecule has 0 unspecified atom stereocenters. The third kappa shape index (κ3) is 4.06. The molecular weight excluding hydrogens is 354 g/mol. The summed E-state index contributed by atoms with van der Waals surface area (Å²) in [4.78, 5) is 16.6. The zero-order valence-electron chi connectivity index (χ0n) is 15.6. The van der Waals surface area contributed by atoms with E-state index in [0.717, 1.165) is 34.9 Å². The highest BCUT2D eigenvalue weighted by Crippen LogP contribution is 2.32. The van der Waals surface area contributed by atoms with Gasteiger partial charge in [0.2, 0.25) is 6.79 Å². The van der Waals surface area contributed by atoms with Crippen molar-refractivity contribution in [1.29, 1.82) is 0 Å². The number of amides is 1. The number of hydrogen-bond donors (Lipinski definition) is 2. The summed E-state index contributed by atoms with van der Waals surface area (Å²) < 4.78 is 10.7. The summed E-state index contributed by atoms with van der Waals surface area (Å²) in [5.74, 6) is 1.30. The van der Waals surface area contributed by atoms with Crippen LogP contribution in [-0.2, 0) is 13.0 Å². The van der Waals surface area contributed by atoms with E-state index < -0.39 is 0 Å². The van der Waals surface area contributed by atoms with Crippen LogP contribution in [0.3, 0.4) is 0 Å². The predicted molar refractivity (Wildman–Crippen MR) is 108 cm³/mol. The molecule has 0 spiro atoms. The molecule has 0 radical (unpaired) electrons. The molecule has 6 heteroatoms. The van der Waals surface area contributed by atoms with Crippen LogP contribution >= 0.6 is 0 Å². The minimum atomic E-state index is -0.230. The maximum Gasteiger partial charge on any atom is 0.274 e. The molecule has 1 amide bonds. The van der Waals surface area contributed by atoms with Crippen LogP contribution in [0.15, 0.2) is 60.8 Å². The summed E-state index contributed by atoms with van der Waals surface area (Å²) in [7, 11) is 0. The highest BCUT2D eigenvalue weighted by molar-refractivity contribution is 6.02. The van der Waals surface area contributed by atoms with E-state index in [1.54, 1.807) is 12.3 Å². The molecule has 2 aromatic carbocycles. The highest BCUT2D eigenvalue weighted by atomic mass is 16.7. The van der Waals surface area contributed by atoms with Gasteiger partial charge in [0.05, 0.1) is 11.9 Å². The van der Waals surface area contributed by atoms with Crippen molar-refractivity contribution in [3.63, 3.8) is 0 Å². The van der Waals surface area contributed by atoms with Gasteiger partial charge < -0.3 is 20.1 Å². The number of benzene rings is 2. The lowest BCUT2D eigenvalue weighted by atomic mass is 10.1. The number of carbonyl (C=O) groups is 1. The lowest BCUT2D eigenvalue weighted by Gasteiger charge is -2.09. The van der Waals surface area contributed by atoms with Gasteiger partial charge >= 0.3 is 0 Å². The van der Waals surface area contributed by atoms with Gasteiger partial charge in [-0.2, -0.15) is 0 Å². The molecule has 4 rings (SSSR count). The smallest absolute Gasteiger partial charge is 0.274 e. The van der Waals surface area contributed by atoms with Crippen molar-refractivity contribution >= 4 is 17.3 Å². The number of fused-ring (bicyclic) bond motifs is 1. The normalized spacial score (nSPS) is 11.9.